The van der Waals surface area contributed by atoms with Gasteiger partial charge in [-0.25, -0.2) is 4.98 Å². The van der Waals surface area contributed by atoms with Gasteiger partial charge in [0.1, 0.15) is 5.69 Å². The number of rotatable bonds is 2. The van der Waals surface area contributed by atoms with Crippen LogP contribution in [-0.2, 0) is 0 Å². The Hall–Kier alpha value is -0.910. The number of aryl methyl sites for hydroxylation is 2. The lowest BCUT2D eigenvalue weighted by Crippen LogP contribution is -2.12. The number of thiazole rings is 1. The van der Waals surface area contributed by atoms with E-state index in [4.69, 9.17) is 11.6 Å². The fourth-order valence-electron chi connectivity index (χ4n) is 1.40. The second-order valence-electron chi connectivity index (χ2n) is 3.79. The van der Waals surface area contributed by atoms with Crippen LogP contribution in [0.3, 0.4) is 0 Å². The van der Waals surface area contributed by atoms with Crippen LogP contribution in [0.15, 0.2) is 22.0 Å². The molecule has 6 heteroatoms. The Bertz CT molecular complexity index is 612. The van der Waals surface area contributed by atoms with Gasteiger partial charge in [0.2, 0.25) is 0 Å². The molecule has 0 radical (unpaired) electrons. The van der Waals surface area contributed by atoms with Gasteiger partial charge in [0.25, 0.3) is 5.91 Å². The van der Waals surface area contributed by atoms with E-state index in [-0.39, 0.29) is 5.91 Å². The van der Waals surface area contributed by atoms with Gasteiger partial charge in [-0.3, -0.25) is 4.79 Å². The predicted octanol–water partition coefficient (Wildman–Crippen LogP) is 4.43. The zero-order chi connectivity index (χ0) is 13.3. The smallest absolute Gasteiger partial charge is 0.275 e. The summed E-state index contributed by atoms with van der Waals surface area (Å²) < 4.78 is 0.796. The lowest BCUT2D eigenvalue weighted by Gasteiger charge is -2.08. The van der Waals surface area contributed by atoms with Crippen LogP contribution in [0.4, 0.5) is 5.69 Å². The molecule has 0 aliphatic carbocycles. The van der Waals surface area contributed by atoms with E-state index in [1.165, 1.54) is 11.3 Å². The molecule has 3 nitrogen and oxygen atoms in total. The summed E-state index contributed by atoms with van der Waals surface area (Å²) in [5, 5.41) is 5.99. The van der Waals surface area contributed by atoms with E-state index in [1.807, 2.05) is 19.9 Å². The molecule has 1 N–H and O–H groups in total. The van der Waals surface area contributed by atoms with E-state index < -0.39 is 0 Å². The number of amides is 1. The summed E-state index contributed by atoms with van der Waals surface area (Å²) in [5.41, 5.74) is 2.01. The monoisotopic (exact) mass is 344 g/mol. The number of hydrogen-bond donors (Lipinski definition) is 1. The van der Waals surface area contributed by atoms with Crippen LogP contribution in [0.1, 0.15) is 21.1 Å². The van der Waals surface area contributed by atoms with Crippen LogP contribution < -0.4 is 5.32 Å². The highest BCUT2D eigenvalue weighted by atomic mass is 79.9. The second-order valence-corrected chi connectivity index (χ2v) is 6.11. The van der Waals surface area contributed by atoms with Crippen LogP contribution in [0.5, 0.6) is 0 Å². The molecule has 0 atom stereocenters. The van der Waals surface area contributed by atoms with Gasteiger partial charge in [-0.1, -0.05) is 11.6 Å². The highest BCUT2D eigenvalue weighted by molar-refractivity contribution is 9.10. The maximum atomic E-state index is 11.9. The summed E-state index contributed by atoms with van der Waals surface area (Å²) >= 11 is 10.9. The summed E-state index contributed by atoms with van der Waals surface area (Å²) in [5.74, 6) is -0.236. The van der Waals surface area contributed by atoms with Crippen molar-refractivity contribution in [3.05, 3.63) is 43.3 Å². The molecule has 94 valence electrons. The normalized spacial score (nSPS) is 10.4. The van der Waals surface area contributed by atoms with Gasteiger partial charge >= 0.3 is 0 Å². The number of benzene rings is 1. The average molecular weight is 346 g/mol. The molecule has 1 heterocycles. The summed E-state index contributed by atoms with van der Waals surface area (Å²) in [7, 11) is 0. The van der Waals surface area contributed by atoms with Crippen molar-refractivity contribution < 1.29 is 4.79 Å². The SMILES string of the molecule is Cc1nc(C(=O)Nc2cc(Cl)c(C)cc2Br)cs1. The van der Waals surface area contributed by atoms with E-state index in [0.29, 0.717) is 16.4 Å². The molecule has 0 bridgehead atoms. The fraction of sp³-hybridized carbons (Fsp3) is 0.167. The Labute approximate surface area is 122 Å². The first kappa shape index (κ1) is 13.5. The van der Waals surface area contributed by atoms with Gasteiger partial charge in [0, 0.05) is 14.9 Å². The van der Waals surface area contributed by atoms with Crippen LogP contribution >= 0.6 is 38.9 Å². The molecule has 0 spiro atoms. The molecule has 1 aromatic carbocycles. The van der Waals surface area contributed by atoms with Crippen LogP contribution in [0.25, 0.3) is 0 Å². The quantitative estimate of drug-likeness (QED) is 0.875. The number of anilines is 1. The number of halogens is 2. The zero-order valence-corrected chi connectivity index (χ0v) is 12.9. The molecule has 2 rings (SSSR count). The van der Waals surface area contributed by atoms with Crippen molar-refractivity contribution in [2.75, 3.05) is 5.32 Å². The number of nitrogens with zero attached hydrogens (tertiary/aromatic N) is 1. The maximum Gasteiger partial charge on any atom is 0.275 e. The molecule has 1 amide bonds. The molecule has 2 aromatic rings. The predicted molar refractivity (Wildman–Crippen MR) is 78.7 cm³/mol. The topological polar surface area (TPSA) is 42.0 Å². The minimum Gasteiger partial charge on any atom is -0.320 e. The number of hydrogen-bond acceptors (Lipinski definition) is 3. The van der Waals surface area contributed by atoms with E-state index in [2.05, 4.69) is 26.2 Å². The van der Waals surface area contributed by atoms with Crippen LogP contribution in [-0.4, -0.2) is 10.9 Å². The van der Waals surface area contributed by atoms with Gasteiger partial charge in [-0.15, -0.1) is 11.3 Å². The van der Waals surface area contributed by atoms with Crippen molar-refractivity contribution in [3.63, 3.8) is 0 Å². The average Bonchev–Trinajstić information content (AvgIpc) is 2.73. The molecule has 0 unspecified atom stereocenters. The Morgan fingerprint density at radius 2 is 2.17 bits per heavy atom. The largest absolute Gasteiger partial charge is 0.320 e. The van der Waals surface area contributed by atoms with Gasteiger partial charge in [0.15, 0.2) is 0 Å². The minimum atomic E-state index is -0.236. The molecule has 0 aliphatic rings. The Kier molecular flexibility index (Phi) is 4.04. The third-order valence-electron chi connectivity index (χ3n) is 2.35. The highest BCUT2D eigenvalue weighted by Gasteiger charge is 2.12. The third-order valence-corrected chi connectivity index (χ3v) is 4.18. The molecular weight excluding hydrogens is 336 g/mol. The van der Waals surface area contributed by atoms with E-state index in [0.717, 1.165) is 15.0 Å². The molecule has 0 saturated carbocycles. The number of aromatic nitrogens is 1. The van der Waals surface area contributed by atoms with Crippen LogP contribution in [0.2, 0.25) is 5.02 Å². The summed E-state index contributed by atoms with van der Waals surface area (Å²) in [6.45, 7) is 3.77. The molecule has 0 fully saturated rings. The van der Waals surface area contributed by atoms with Crippen molar-refractivity contribution >= 4 is 50.5 Å². The molecule has 0 aliphatic heterocycles. The second kappa shape index (κ2) is 5.38. The van der Waals surface area contributed by atoms with Gasteiger partial charge < -0.3 is 5.32 Å². The van der Waals surface area contributed by atoms with E-state index in [1.54, 1.807) is 11.4 Å². The highest BCUT2D eigenvalue weighted by Crippen LogP contribution is 2.29. The van der Waals surface area contributed by atoms with E-state index >= 15 is 0 Å². The van der Waals surface area contributed by atoms with Crippen molar-refractivity contribution in [1.82, 2.24) is 4.98 Å². The summed E-state index contributed by atoms with van der Waals surface area (Å²) in [6.07, 6.45) is 0. The van der Waals surface area contributed by atoms with Gasteiger partial charge in [-0.2, -0.15) is 0 Å². The van der Waals surface area contributed by atoms with Crippen molar-refractivity contribution in [2.45, 2.75) is 13.8 Å². The number of carbonyl (C=O) groups is 1. The Morgan fingerprint density at radius 3 is 2.78 bits per heavy atom. The minimum absolute atomic E-state index is 0.236. The lowest BCUT2D eigenvalue weighted by atomic mass is 10.2. The van der Waals surface area contributed by atoms with Gasteiger partial charge in [0.05, 0.1) is 10.7 Å². The standard InChI is InChI=1S/C12H10BrClN2OS/c1-6-3-8(13)10(4-9(6)14)16-12(17)11-5-18-7(2)15-11/h3-5H,1-2H3,(H,16,17). The Balaban J connectivity index is 2.24. The number of carbonyl (C=O) groups excluding carboxylic acids is 1. The van der Waals surface area contributed by atoms with Crippen molar-refractivity contribution in [2.24, 2.45) is 0 Å². The molecular formula is C12H10BrClN2OS. The summed E-state index contributed by atoms with van der Waals surface area (Å²) in [4.78, 5) is 16.1. The van der Waals surface area contributed by atoms with Crippen LogP contribution in [0, 0.1) is 13.8 Å². The third kappa shape index (κ3) is 2.91. The van der Waals surface area contributed by atoms with Crippen molar-refractivity contribution in [3.8, 4) is 0 Å². The molecule has 0 saturated heterocycles. The molecule has 18 heavy (non-hydrogen) atoms. The zero-order valence-electron chi connectivity index (χ0n) is 9.75. The number of nitrogens with one attached hydrogen (secondary N) is 1. The van der Waals surface area contributed by atoms with E-state index in [9.17, 15) is 4.79 Å². The van der Waals surface area contributed by atoms with Crippen molar-refractivity contribution in [1.29, 1.82) is 0 Å². The summed E-state index contributed by atoms with van der Waals surface area (Å²) in [6, 6.07) is 3.59. The molecule has 1 aromatic heterocycles. The fourth-order valence-corrected chi connectivity index (χ4v) is 2.71. The first-order chi connectivity index (χ1) is 8.47. The maximum absolute atomic E-state index is 11.9. The lowest BCUT2D eigenvalue weighted by molar-refractivity contribution is 0.102. The van der Waals surface area contributed by atoms with Gasteiger partial charge in [-0.05, 0) is 47.5 Å². The first-order valence-electron chi connectivity index (χ1n) is 5.16. The first-order valence-corrected chi connectivity index (χ1v) is 7.21. The Morgan fingerprint density at radius 1 is 1.44 bits per heavy atom.